The molecule has 0 aliphatic carbocycles. The van der Waals surface area contributed by atoms with Gasteiger partial charge in [0.1, 0.15) is 10.1 Å². The number of amides is 1. The maximum absolute atomic E-state index is 13.6. The minimum absolute atomic E-state index is 0.0496. The van der Waals surface area contributed by atoms with Crippen LogP contribution in [0.3, 0.4) is 0 Å². The fourth-order valence-electron chi connectivity index (χ4n) is 2.56. The van der Waals surface area contributed by atoms with Crippen LogP contribution in [-0.2, 0) is 20.2 Å². The number of thiazole rings is 1. The molecule has 0 bridgehead atoms. The Labute approximate surface area is 180 Å². The lowest BCUT2D eigenvalue weighted by Crippen LogP contribution is -2.43. The Bertz CT molecular complexity index is 1200. The van der Waals surface area contributed by atoms with Crippen molar-refractivity contribution in [1.82, 2.24) is 4.98 Å². The Kier molecular flexibility index (Phi) is 6.11. The first-order valence-electron chi connectivity index (χ1n) is 8.36. The van der Waals surface area contributed by atoms with Crippen molar-refractivity contribution >= 4 is 43.8 Å². The summed E-state index contributed by atoms with van der Waals surface area (Å²) < 4.78 is 56.5. The van der Waals surface area contributed by atoms with Gasteiger partial charge >= 0.3 is 0 Å². The molecule has 30 heavy (non-hydrogen) atoms. The molecule has 1 aromatic heterocycles. The minimum atomic E-state index is -3.46. The van der Waals surface area contributed by atoms with Crippen LogP contribution in [-0.4, -0.2) is 25.6 Å². The Balaban J connectivity index is 2.02. The number of ether oxygens (including phenoxy) is 1. The van der Waals surface area contributed by atoms with E-state index in [0.29, 0.717) is 4.34 Å². The van der Waals surface area contributed by atoms with Crippen molar-refractivity contribution in [2.75, 3.05) is 11.6 Å². The number of hydrogen-bond donors (Lipinski definition) is 1. The summed E-state index contributed by atoms with van der Waals surface area (Å²) in [6.45, 7) is 1.41. The summed E-state index contributed by atoms with van der Waals surface area (Å²) in [7, 11) is -3.46. The molecule has 0 aliphatic heterocycles. The van der Waals surface area contributed by atoms with Crippen molar-refractivity contribution < 1.29 is 26.7 Å². The average molecular weight is 473 g/mol. The van der Waals surface area contributed by atoms with E-state index in [0.717, 1.165) is 29.7 Å². The third kappa shape index (κ3) is 4.77. The van der Waals surface area contributed by atoms with E-state index in [2.05, 4.69) is 10.3 Å². The van der Waals surface area contributed by atoms with Crippen LogP contribution in [0.2, 0.25) is 4.34 Å². The number of hydrogen-bond acceptors (Lipinski definition) is 6. The van der Waals surface area contributed by atoms with Crippen molar-refractivity contribution in [2.24, 2.45) is 0 Å². The van der Waals surface area contributed by atoms with Crippen molar-refractivity contribution in [3.05, 3.63) is 70.2 Å². The van der Waals surface area contributed by atoms with E-state index in [1.165, 1.54) is 43.5 Å². The Morgan fingerprint density at radius 1 is 1.17 bits per heavy atom. The molecule has 1 N–H and O–H groups in total. The van der Waals surface area contributed by atoms with Crippen LogP contribution >= 0.6 is 22.9 Å². The van der Waals surface area contributed by atoms with E-state index in [1.807, 2.05) is 0 Å². The molecule has 0 radical (unpaired) electrons. The maximum Gasteiger partial charge on any atom is 0.274 e. The van der Waals surface area contributed by atoms with Crippen LogP contribution in [0.1, 0.15) is 12.5 Å². The third-order valence-electron chi connectivity index (χ3n) is 4.18. The van der Waals surface area contributed by atoms with Gasteiger partial charge in [-0.25, -0.2) is 22.2 Å². The number of nitrogens with zero attached hydrogens (tertiary/aromatic N) is 1. The van der Waals surface area contributed by atoms with Crippen LogP contribution < -0.4 is 10.1 Å². The lowest BCUT2D eigenvalue weighted by atomic mass is 9.94. The van der Waals surface area contributed by atoms with Gasteiger partial charge in [-0.05, 0) is 31.2 Å². The first-order valence-corrected chi connectivity index (χ1v) is 11.4. The van der Waals surface area contributed by atoms with Gasteiger partial charge in [-0.3, -0.25) is 10.1 Å². The van der Waals surface area contributed by atoms with Crippen LogP contribution in [0.4, 0.5) is 13.9 Å². The van der Waals surface area contributed by atoms with Gasteiger partial charge in [0.2, 0.25) is 5.60 Å². The van der Waals surface area contributed by atoms with Gasteiger partial charge < -0.3 is 4.74 Å². The van der Waals surface area contributed by atoms with E-state index >= 15 is 0 Å². The van der Waals surface area contributed by atoms with Gasteiger partial charge in [0.05, 0.1) is 11.1 Å². The first-order chi connectivity index (χ1) is 14.0. The summed E-state index contributed by atoms with van der Waals surface area (Å²) in [6.07, 6.45) is 2.41. The van der Waals surface area contributed by atoms with Gasteiger partial charge in [-0.15, -0.1) is 0 Å². The molecule has 0 spiro atoms. The standard InChI is InChI=1S/C19H15ClF2N2O4S2/c1-19(17(25)24-18-23-10-16(20)29-18,28-12-5-8-14(21)15(22)9-12)11-3-6-13(7-4-11)30(2,26)27/h3-10H,1-2H3,(H,23,24,25). The Morgan fingerprint density at radius 3 is 2.37 bits per heavy atom. The van der Waals surface area contributed by atoms with Crippen molar-refractivity contribution in [3.8, 4) is 5.75 Å². The monoisotopic (exact) mass is 472 g/mol. The van der Waals surface area contributed by atoms with E-state index in [9.17, 15) is 22.0 Å². The number of nitrogens with one attached hydrogen (secondary N) is 1. The lowest BCUT2D eigenvalue weighted by Gasteiger charge is -2.29. The molecular formula is C19H15ClF2N2O4S2. The van der Waals surface area contributed by atoms with Gasteiger partial charge in [0, 0.05) is 17.9 Å². The van der Waals surface area contributed by atoms with Crippen LogP contribution in [0.15, 0.2) is 53.6 Å². The van der Waals surface area contributed by atoms with Crippen molar-refractivity contribution in [3.63, 3.8) is 0 Å². The Hall–Kier alpha value is -2.56. The van der Waals surface area contributed by atoms with Gasteiger partial charge in [-0.2, -0.15) is 0 Å². The molecule has 0 saturated carbocycles. The largest absolute Gasteiger partial charge is 0.473 e. The van der Waals surface area contributed by atoms with Crippen LogP contribution in [0.5, 0.6) is 5.75 Å². The number of halogens is 3. The lowest BCUT2D eigenvalue weighted by molar-refractivity contribution is -0.130. The smallest absolute Gasteiger partial charge is 0.274 e. The minimum Gasteiger partial charge on any atom is -0.473 e. The zero-order chi connectivity index (χ0) is 22.1. The summed E-state index contributed by atoms with van der Waals surface area (Å²) in [5.74, 6) is -2.99. The highest BCUT2D eigenvalue weighted by atomic mass is 35.5. The third-order valence-corrected chi connectivity index (χ3v) is 6.34. The van der Waals surface area contributed by atoms with E-state index in [1.54, 1.807) is 0 Å². The molecule has 0 aliphatic rings. The summed E-state index contributed by atoms with van der Waals surface area (Å²) in [5, 5.41) is 2.77. The van der Waals surface area contributed by atoms with Crippen molar-refractivity contribution in [2.45, 2.75) is 17.4 Å². The predicted octanol–water partition coefficient (Wildman–Crippen LogP) is 4.41. The molecule has 3 aromatic rings. The topological polar surface area (TPSA) is 85.4 Å². The SMILES string of the molecule is CC(Oc1ccc(F)c(F)c1)(C(=O)Nc1ncc(Cl)s1)c1ccc(S(C)(=O)=O)cc1. The van der Waals surface area contributed by atoms with Crippen LogP contribution in [0.25, 0.3) is 0 Å². The predicted molar refractivity (Wildman–Crippen MR) is 110 cm³/mol. The number of aromatic nitrogens is 1. The highest BCUT2D eigenvalue weighted by Crippen LogP contribution is 2.32. The molecule has 0 saturated heterocycles. The number of rotatable bonds is 6. The number of carbonyl (C=O) groups is 1. The summed E-state index contributed by atoms with van der Waals surface area (Å²) >= 11 is 6.86. The Morgan fingerprint density at radius 2 is 1.83 bits per heavy atom. The molecule has 1 atom stereocenters. The van der Waals surface area contributed by atoms with E-state index in [4.69, 9.17) is 16.3 Å². The number of carbonyl (C=O) groups excluding carboxylic acids is 1. The molecule has 158 valence electrons. The number of benzene rings is 2. The first kappa shape index (κ1) is 22.1. The molecule has 1 unspecified atom stereocenters. The highest BCUT2D eigenvalue weighted by molar-refractivity contribution is 7.90. The zero-order valence-electron chi connectivity index (χ0n) is 15.6. The fraction of sp³-hybridized carbons (Fsp3) is 0.158. The molecule has 2 aromatic carbocycles. The highest BCUT2D eigenvalue weighted by Gasteiger charge is 2.39. The normalized spacial score (nSPS) is 13.5. The second-order valence-electron chi connectivity index (χ2n) is 6.43. The number of sulfone groups is 1. The summed E-state index contributed by atoms with van der Waals surface area (Å²) in [4.78, 5) is 17.1. The second-order valence-corrected chi connectivity index (χ2v) is 10.1. The van der Waals surface area contributed by atoms with Gasteiger partial charge in [0.15, 0.2) is 26.6 Å². The fourth-order valence-corrected chi connectivity index (χ4v) is 4.00. The van der Waals surface area contributed by atoms with E-state index in [-0.39, 0.29) is 21.3 Å². The molecule has 3 rings (SSSR count). The molecule has 11 heteroatoms. The molecular weight excluding hydrogens is 458 g/mol. The van der Waals surface area contributed by atoms with Crippen molar-refractivity contribution in [1.29, 1.82) is 0 Å². The summed E-state index contributed by atoms with van der Waals surface area (Å²) in [6, 6.07) is 8.32. The quantitative estimate of drug-likeness (QED) is 0.574. The molecule has 1 amide bonds. The average Bonchev–Trinajstić information content (AvgIpc) is 3.08. The zero-order valence-corrected chi connectivity index (χ0v) is 18.0. The van der Waals surface area contributed by atoms with Gasteiger partial charge in [0.25, 0.3) is 5.91 Å². The molecule has 1 heterocycles. The number of anilines is 1. The van der Waals surface area contributed by atoms with E-state index < -0.39 is 33.0 Å². The summed E-state index contributed by atoms with van der Waals surface area (Å²) in [5.41, 5.74) is -1.46. The van der Waals surface area contributed by atoms with Gasteiger partial charge in [-0.1, -0.05) is 35.1 Å². The second kappa shape index (κ2) is 8.29. The van der Waals surface area contributed by atoms with Crippen LogP contribution in [0, 0.1) is 11.6 Å². The molecule has 0 fully saturated rings. The molecule has 6 nitrogen and oxygen atoms in total. The maximum atomic E-state index is 13.6.